The summed E-state index contributed by atoms with van der Waals surface area (Å²) in [5.74, 6) is 0.00433. The van der Waals surface area contributed by atoms with Gasteiger partial charge in [-0.25, -0.2) is 5.06 Å². The zero-order chi connectivity index (χ0) is 23.3. The Bertz CT molecular complexity index is 1350. The molecule has 3 atom stereocenters. The van der Waals surface area contributed by atoms with Crippen molar-refractivity contribution in [3.8, 4) is 0 Å². The smallest absolute Gasteiger partial charge is 0.273 e. The lowest BCUT2D eigenvalue weighted by atomic mass is 9.51. The summed E-state index contributed by atoms with van der Waals surface area (Å²) in [7, 11) is 0. The van der Waals surface area contributed by atoms with Gasteiger partial charge in [-0.05, 0) is 36.5 Å². The highest BCUT2D eigenvalue weighted by Gasteiger charge is 2.76. The quantitative estimate of drug-likeness (QED) is 0.647. The van der Waals surface area contributed by atoms with Gasteiger partial charge in [0.1, 0.15) is 12.1 Å². The van der Waals surface area contributed by atoms with Crippen LogP contribution in [0.4, 0.5) is 0 Å². The molecule has 0 saturated carbocycles. The molecule has 34 heavy (non-hydrogen) atoms. The molecule has 3 aromatic rings. The summed E-state index contributed by atoms with van der Waals surface area (Å²) in [6.45, 7) is 5.39. The lowest BCUT2D eigenvalue weighted by Gasteiger charge is -2.66. The molecule has 5 aliphatic rings. The number of nitrogens with zero attached hydrogens (tertiary/aromatic N) is 2. The third-order valence-electron chi connectivity index (χ3n) is 9.15. The molecule has 4 fully saturated rings. The monoisotopic (exact) mass is 455 g/mol. The van der Waals surface area contributed by atoms with Crippen LogP contribution in [0, 0.1) is 5.92 Å². The average molecular weight is 456 g/mol. The topological polar surface area (TPSA) is 65.6 Å². The molecule has 5 heterocycles. The number of aromatic nitrogens is 1. The Morgan fingerprint density at radius 1 is 1.03 bits per heavy atom. The van der Waals surface area contributed by atoms with E-state index < -0.39 is 11.1 Å². The number of rotatable bonds is 3. The van der Waals surface area contributed by atoms with E-state index in [0.717, 1.165) is 28.5 Å². The van der Waals surface area contributed by atoms with E-state index in [1.54, 1.807) is 5.06 Å². The Labute approximate surface area is 198 Å². The maximum atomic E-state index is 14.4. The average Bonchev–Trinajstić information content (AvgIpc) is 3.44. The van der Waals surface area contributed by atoms with Crippen molar-refractivity contribution in [3.63, 3.8) is 0 Å². The molecule has 1 N–H and O–H groups in total. The summed E-state index contributed by atoms with van der Waals surface area (Å²) in [4.78, 5) is 40.5. The van der Waals surface area contributed by atoms with Crippen LogP contribution in [0.25, 0.3) is 10.9 Å². The van der Waals surface area contributed by atoms with Crippen molar-refractivity contribution in [2.75, 3.05) is 6.54 Å². The number of piperidine rings is 2. The molecular formula is C28H29N3O3. The number of hydrogen-bond acceptors (Lipinski definition) is 3. The number of fused-ring (bicyclic) bond motifs is 4. The SMILES string of the molecule is CC1(C)c2[nH]c3ccccc3c2C[C@]23C(=O)N4CCC[C@@]4(C[C@H]12)C(=O)N3OCc1ccccc1. The normalized spacial score (nSPS) is 31.1. The van der Waals surface area contributed by atoms with Gasteiger partial charge in [-0.15, -0.1) is 0 Å². The summed E-state index contributed by atoms with van der Waals surface area (Å²) in [6, 6.07) is 18.2. The molecule has 0 radical (unpaired) electrons. The van der Waals surface area contributed by atoms with Gasteiger partial charge in [0.2, 0.25) is 0 Å². The second-order valence-electron chi connectivity index (χ2n) is 11.1. The minimum atomic E-state index is -1.03. The summed E-state index contributed by atoms with van der Waals surface area (Å²) in [6.07, 6.45) is 2.75. The van der Waals surface area contributed by atoms with Gasteiger partial charge in [-0.2, -0.15) is 0 Å². The molecule has 2 bridgehead atoms. The number of hydroxylamine groups is 2. The van der Waals surface area contributed by atoms with Crippen LogP contribution >= 0.6 is 0 Å². The van der Waals surface area contributed by atoms with Gasteiger partial charge in [0.15, 0.2) is 5.54 Å². The minimum Gasteiger partial charge on any atom is -0.358 e. The van der Waals surface area contributed by atoms with Gasteiger partial charge in [0, 0.05) is 40.9 Å². The fourth-order valence-electron chi connectivity index (χ4n) is 7.57. The molecule has 4 saturated heterocycles. The Kier molecular flexibility index (Phi) is 3.88. The van der Waals surface area contributed by atoms with Crippen LogP contribution in [0.2, 0.25) is 0 Å². The lowest BCUT2D eigenvalue weighted by molar-refractivity contribution is -0.283. The fraction of sp³-hybridized carbons (Fsp3) is 0.429. The second kappa shape index (κ2) is 6.51. The first kappa shape index (κ1) is 20.3. The molecule has 2 aromatic carbocycles. The Morgan fingerprint density at radius 2 is 1.79 bits per heavy atom. The zero-order valence-corrected chi connectivity index (χ0v) is 19.6. The van der Waals surface area contributed by atoms with E-state index in [1.165, 1.54) is 5.69 Å². The Balaban J connectivity index is 1.43. The highest BCUT2D eigenvalue weighted by Crippen LogP contribution is 2.62. The number of carbonyl (C=O) groups is 2. The molecule has 6 heteroatoms. The first-order valence-corrected chi connectivity index (χ1v) is 12.3. The highest BCUT2D eigenvalue weighted by atomic mass is 16.7. The van der Waals surface area contributed by atoms with Gasteiger partial charge in [-0.3, -0.25) is 14.4 Å². The largest absolute Gasteiger partial charge is 0.358 e. The van der Waals surface area contributed by atoms with Gasteiger partial charge in [0.05, 0.1) is 0 Å². The summed E-state index contributed by atoms with van der Waals surface area (Å²) in [5, 5.41) is 2.68. The maximum Gasteiger partial charge on any atom is 0.273 e. The standard InChI is InChI=1S/C28H29N3O3/c1-26(2)22-16-27-13-8-14-30(27)25(33)28(22,15-20-19-11-6-7-12-21(19)29-23(20)26)31(24(27)32)34-17-18-9-4-3-5-10-18/h3-7,9-12,22,29H,8,13-17H2,1-2H3/t22-,27-,28-/m1/s1. The van der Waals surface area contributed by atoms with E-state index in [2.05, 4.69) is 31.0 Å². The Morgan fingerprint density at radius 3 is 2.62 bits per heavy atom. The number of benzene rings is 2. The van der Waals surface area contributed by atoms with Crippen molar-refractivity contribution in [1.29, 1.82) is 0 Å². The molecule has 174 valence electrons. The number of hydrogen-bond donors (Lipinski definition) is 1. The predicted molar refractivity (Wildman–Crippen MR) is 128 cm³/mol. The zero-order valence-electron chi connectivity index (χ0n) is 19.6. The third-order valence-corrected chi connectivity index (χ3v) is 9.15. The van der Waals surface area contributed by atoms with E-state index in [0.29, 0.717) is 25.8 Å². The fourth-order valence-corrected chi connectivity index (χ4v) is 7.57. The van der Waals surface area contributed by atoms with Crippen molar-refractivity contribution in [3.05, 3.63) is 71.4 Å². The van der Waals surface area contributed by atoms with E-state index in [-0.39, 0.29) is 29.8 Å². The van der Waals surface area contributed by atoms with Crippen LogP contribution in [0.1, 0.15) is 49.9 Å². The first-order chi connectivity index (χ1) is 16.4. The van der Waals surface area contributed by atoms with E-state index in [4.69, 9.17) is 4.84 Å². The summed E-state index contributed by atoms with van der Waals surface area (Å²) >= 11 is 0. The number of nitrogens with one attached hydrogen (secondary N) is 1. The van der Waals surface area contributed by atoms with Gasteiger partial charge < -0.3 is 9.88 Å². The first-order valence-electron chi connectivity index (χ1n) is 12.3. The second-order valence-corrected chi connectivity index (χ2v) is 11.1. The van der Waals surface area contributed by atoms with Crippen LogP contribution < -0.4 is 0 Å². The van der Waals surface area contributed by atoms with Crippen molar-refractivity contribution in [2.24, 2.45) is 5.92 Å². The van der Waals surface area contributed by atoms with Gasteiger partial charge in [0.25, 0.3) is 11.8 Å². The molecule has 2 amide bonds. The van der Waals surface area contributed by atoms with E-state index in [1.807, 2.05) is 47.4 Å². The van der Waals surface area contributed by atoms with Crippen LogP contribution in [-0.2, 0) is 32.9 Å². The molecule has 4 aliphatic heterocycles. The number of aromatic amines is 1. The van der Waals surface area contributed by atoms with E-state index in [9.17, 15) is 9.59 Å². The van der Waals surface area contributed by atoms with Gasteiger partial charge in [-0.1, -0.05) is 62.4 Å². The van der Waals surface area contributed by atoms with Crippen LogP contribution in [0.5, 0.6) is 0 Å². The third kappa shape index (κ3) is 2.25. The highest BCUT2D eigenvalue weighted by molar-refractivity contribution is 6.05. The molecule has 0 unspecified atom stereocenters. The lowest BCUT2D eigenvalue weighted by Crippen LogP contribution is -2.85. The molecular weight excluding hydrogens is 426 g/mol. The molecule has 1 aliphatic carbocycles. The molecule has 2 spiro atoms. The van der Waals surface area contributed by atoms with Crippen molar-refractivity contribution >= 4 is 22.7 Å². The number of piperazine rings is 1. The van der Waals surface area contributed by atoms with Crippen molar-refractivity contribution in [1.82, 2.24) is 14.9 Å². The summed E-state index contributed by atoms with van der Waals surface area (Å²) in [5.41, 5.74) is 2.28. The van der Waals surface area contributed by atoms with E-state index >= 15 is 0 Å². The Hall–Kier alpha value is -3.12. The number of carbonyl (C=O) groups excluding carboxylic acids is 2. The minimum absolute atomic E-state index is 0.0316. The molecule has 8 rings (SSSR count). The maximum absolute atomic E-state index is 14.4. The molecule has 6 nitrogen and oxygen atoms in total. The van der Waals surface area contributed by atoms with Gasteiger partial charge >= 0.3 is 0 Å². The van der Waals surface area contributed by atoms with Crippen molar-refractivity contribution < 1.29 is 14.4 Å². The van der Waals surface area contributed by atoms with Crippen LogP contribution in [0.15, 0.2) is 54.6 Å². The van der Waals surface area contributed by atoms with Crippen molar-refractivity contribution in [2.45, 2.75) is 62.6 Å². The predicted octanol–water partition coefficient (Wildman–Crippen LogP) is 4.10. The number of para-hydroxylation sites is 1. The van der Waals surface area contributed by atoms with Crippen LogP contribution in [-0.4, -0.2) is 44.4 Å². The number of amides is 2. The summed E-state index contributed by atoms with van der Waals surface area (Å²) < 4.78 is 0. The number of H-pyrrole nitrogens is 1. The van der Waals surface area contributed by atoms with Crippen LogP contribution in [0.3, 0.4) is 0 Å². The molecule has 1 aromatic heterocycles.